The lowest BCUT2D eigenvalue weighted by Crippen LogP contribution is -2.47. The summed E-state index contributed by atoms with van der Waals surface area (Å²) >= 11 is 6.01. The average Bonchev–Trinajstić information content (AvgIpc) is 2.63. The van der Waals surface area contributed by atoms with Gasteiger partial charge in [-0.15, -0.1) is 0 Å². The number of hydrogen-bond acceptors (Lipinski definition) is 4. The summed E-state index contributed by atoms with van der Waals surface area (Å²) in [5.41, 5.74) is 5.38. The third kappa shape index (κ3) is 5.97. The molecule has 0 bridgehead atoms. The topological polar surface area (TPSA) is 76.7 Å². The van der Waals surface area contributed by atoms with Crippen LogP contribution < -0.4 is 20.3 Å². The van der Waals surface area contributed by atoms with E-state index in [1.807, 2.05) is 6.92 Å². The first-order valence-corrected chi connectivity index (χ1v) is 8.59. The van der Waals surface area contributed by atoms with Crippen molar-refractivity contribution in [3.63, 3.8) is 0 Å². The molecule has 0 heterocycles. The third-order valence-corrected chi connectivity index (χ3v) is 3.82. The van der Waals surface area contributed by atoms with Crippen LogP contribution in [0.4, 0.5) is 0 Å². The van der Waals surface area contributed by atoms with Crippen molar-refractivity contribution >= 4 is 23.4 Å². The van der Waals surface area contributed by atoms with Crippen LogP contribution in [0.25, 0.3) is 0 Å². The normalized spacial score (nSPS) is 11.3. The number of benzene rings is 2. The molecule has 0 saturated heterocycles. The van der Waals surface area contributed by atoms with Crippen LogP contribution in [0.3, 0.4) is 0 Å². The van der Waals surface area contributed by atoms with Crippen molar-refractivity contribution in [2.45, 2.75) is 26.4 Å². The van der Waals surface area contributed by atoms with Gasteiger partial charge in [0.15, 0.2) is 6.10 Å². The number of carbonyl (C=O) groups excluding carboxylic acids is 2. The minimum atomic E-state index is -0.784. The van der Waals surface area contributed by atoms with Crippen LogP contribution in [-0.4, -0.2) is 24.5 Å². The van der Waals surface area contributed by atoms with Crippen molar-refractivity contribution in [1.29, 1.82) is 0 Å². The van der Waals surface area contributed by atoms with Crippen LogP contribution in [-0.2, 0) is 16.0 Å². The van der Waals surface area contributed by atoms with Gasteiger partial charge < -0.3 is 9.47 Å². The number of halogens is 1. The molecule has 0 spiro atoms. The van der Waals surface area contributed by atoms with E-state index in [2.05, 4.69) is 10.9 Å². The summed E-state index contributed by atoms with van der Waals surface area (Å²) in [5.74, 6) is 0.411. The highest BCUT2D eigenvalue weighted by Gasteiger charge is 2.16. The molecule has 2 N–H and O–H groups in total. The largest absolute Gasteiger partial charge is 0.494 e. The fourth-order valence-corrected chi connectivity index (χ4v) is 2.33. The fourth-order valence-electron chi connectivity index (χ4n) is 2.13. The summed E-state index contributed by atoms with van der Waals surface area (Å²) in [4.78, 5) is 23.9. The van der Waals surface area contributed by atoms with Crippen LogP contribution in [0.15, 0.2) is 48.5 Å². The Morgan fingerprint density at radius 1 is 1.04 bits per heavy atom. The second-order valence-corrected chi connectivity index (χ2v) is 5.88. The van der Waals surface area contributed by atoms with Gasteiger partial charge in [-0.3, -0.25) is 20.4 Å². The Bertz CT molecular complexity index is 749. The van der Waals surface area contributed by atoms with E-state index in [1.165, 1.54) is 0 Å². The van der Waals surface area contributed by atoms with Crippen LogP contribution in [0.2, 0.25) is 5.02 Å². The van der Waals surface area contributed by atoms with Crippen molar-refractivity contribution in [2.75, 3.05) is 6.61 Å². The number of ether oxygens (including phenoxy) is 2. The minimum absolute atomic E-state index is 0.0636. The molecular weight excluding hydrogens is 356 g/mol. The van der Waals surface area contributed by atoms with Gasteiger partial charge in [0.25, 0.3) is 5.91 Å². The zero-order chi connectivity index (χ0) is 18.9. The molecule has 1 unspecified atom stereocenters. The van der Waals surface area contributed by atoms with E-state index in [0.717, 1.165) is 5.75 Å². The molecule has 0 saturated carbocycles. The smallest absolute Gasteiger partial charge is 0.279 e. The predicted octanol–water partition coefficient (Wildman–Crippen LogP) is 2.90. The average molecular weight is 377 g/mol. The number of carbonyl (C=O) groups is 2. The lowest BCUT2D eigenvalue weighted by Gasteiger charge is -2.15. The Labute approximate surface area is 157 Å². The van der Waals surface area contributed by atoms with E-state index >= 15 is 0 Å². The zero-order valence-electron chi connectivity index (χ0n) is 14.6. The monoisotopic (exact) mass is 376 g/mol. The van der Waals surface area contributed by atoms with E-state index in [1.54, 1.807) is 55.5 Å². The Hall–Kier alpha value is -2.73. The van der Waals surface area contributed by atoms with E-state index in [0.29, 0.717) is 22.9 Å². The number of rotatable bonds is 7. The van der Waals surface area contributed by atoms with Gasteiger partial charge in [0.1, 0.15) is 11.5 Å². The van der Waals surface area contributed by atoms with E-state index in [-0.39, 0.29) is 12.3 Å². The van der Waals surface area contributed by atoms with Crippen LogP contribution in [0.5, 0.6) is 11.5 Å². The molecule has 7 heteroatoms. The second kappa shape index (κ2) is 9.68. The number of hydrazine groups is 1. The summed E-state index contributed by atoms with van der Waals surface area (Å²) in [6.45, 7) is 4.07. The molecule has 2 rings (SSSR count). The SMILES string of the molecule is CCOc1ccc(OC(C)C(=O)NNC(=O)Cc2ccccc2Cl)cc1. The summed E-state index contributed by atoms with van der Waals surface area (Å²) in [7, 11) is 0. The molecule has 138 valence electrons. The van der Waals surface area contributed by atoms with Gasteiger partial charge in [-0.05, 0) is 49.7 Å². The number of nitrogens with one attached hydrogen (secondary N) is 2. The van der Waals surface area contributed by atoms with Crippen molar-refractivity contribution in [1.82, 2.24) is 10.9 Å². The molecule has 1 atom stereocenters. The summed E-state index contributed by atoms with van der Waals surface area (Å²) in [5, 5.41) is 0.501. The first-order valence-electron chi connectivity index (χ1n) is 8.21. The van der Waals surface area contributed by atoms with E-state index in [9.17, 15) is 9.59 Å². The molecule has 2 aromatic carbocycles. The van der Waals surface area contributed by atoms with Gasteiger partial charge in [0.05, 0.1) is 13.0 Å². The van der Waals surface area contributed by atoms with Crippen molar-refractivity contribution in [2.24, 2.45) is 0 Å². The Balaban J connectivity index is 1.79. The summed E-state index contributed by atoms with van der Waals surface area (Å²) in [6.07, 6.45) is -0.720. The maximum Gasteiger partial charge on any atom is 0.279 e. The Morgan fingerprint density at radius 2 is 1.69 bits per heavy atom. The second-order valence-electron chi connectivity index (χ2n) is 5.47. The Morgan fingerprint density at radius 3 is 2.35 bits per heavy atom. The third-order valence-electron chi connectivity index (χ3n) is 3.45. The Kier molecular flexibility index (Phi) is 7.29. The number of hydrogen-bond donors (Lipinski definition) is 2. The van der Waals surface area contributed by atoms with Crippen LogP contribution >= 0.6 is 11.6 Å². The molecule has 0 aromatic heterocycles. The van der Waals surface area contributed by atoms with Gasteiger partial charge in [0, 0.05) is 5.02 Å². The van der Waals surface area contributed by atoms with Crippen LogP contribution in [0.1, 0.15) is 19.4 Å². The predicted molar refractivity (Wildman–Crippen MR) is 99.1 cm³/mol. The van der Waals surface area contributed by atoms with Crippen molar-refractivity contribution in [3.05, 3.63) is 59.1 Å². The summed E-state index contributed by atoms with van der Waals surface area (Å²) < 4.78 is 10.9. The molecule has 26 heavy (non-hydrogen) atoms. The highest BCUT2D eigenvalue weighted by molar-refractivity contribution is 6.31. The van der Waals surface area contributed by atoms with Gasteiger partial charge >= 0.3 is 0 Å². The van der Waals surface area contributed by atoms with Gasteiger partial charge in [-0.25, -0.2) is 0 Å². The maximum atomic E-state index is 12.0. The quantitative estimate of drug-likeness (QED) is 0.728. The first-order chi connectivity index (χ1) is 12.5. The molecule has 0 fully saturated rings. The van der Waals surface area contributed by atoms with E-state index in [4.69, 9.17) is 21.1 Å². The van der Waals surface area contributed by atoms with Crippen molar-refractivity contribution in [3.8, 4) is 11.5 Å². The molecule has 2 amide bonds. The van der Waals surface area contributed by atoms with Crippen LogP contribution in [0, 0.1) is 0 Å². The van der Waals surface area contributed by atoms with Gasteiger partial charge in [-0.1, -0.05) is 29.8 Å². The molecule has 2 aromatic rings. The molecule has 0 aliphatic carbocycles. The minimum Gasteiger partial charge on any atom is -0.494 e. The van der Waals surface area contributed by atoms with Crippen molar-refractivity contribution < 1.29 is 19.1 Å². The van der Waals surface area contributed by atoms with E-state index < -0.39 is 12.0 Å². The van der Waals surface area contributed by atoms with Gasteiger partial charge in [-0.2, -0.15) is 0 Å². The molecule has 0 aliphatic heterocycles. The maximum absolute atomic E-state index is 12.0. The molecule has 6 nitrogen and oxygen atoms in total. The summed E-state index contributed by atoms with van der Waals surface area (Å²) in [6, 6.07) is 14.0. The molecule has 0 radical (unpaired) electrons. The molecular formula is C19H21ClN2O4. The lowest BCUT2D eigenvalue weighted by molar-refractivity contribution is -0.132. The van der Waals surface area contributed by atoms with Gasteiger partial charge in [0.2, 0.25) is 5.91 Å². The highest BCUT2D eigenvalue weighted by Crippen LogP contribution is 2.18. The first kappa shape index (κ1) is 19.6. The highest BCUT2D eigenvalue weighted by atomic mass is 35.5. The lowest BCUT2D eigenvalue weighted by atomic mass is 10.1. The zero-order valence-corrected chi connectivity index (χ0v) is 15.4. The molecule has 0 aliphatic rings. The standard InChI is InChI=1S/C19H21ClN2O4/c1-3-25-15-8-10-16(11-9-15)26-13(2)19(24)22-21-18(23)12-14-6-4-5-7-17(14)20/h4-11,13H,3,12H2,1-2H3,(H,21,23)(H,22,24). The number of amides is 2. The fraction of sp³-hybridized carbons (Fsp3) is 0.263.